The Morgan fingerprint density at radius 2 is 2.36 bits per heavy atom. The van der Waals surface area contributed by atoms with Gasteiger partial charge >= 0.3 is 0 Å². The van der Waals surface area contributed by atoms with Gasteiger partial charge in [0.25, 0.3) is 0 Å². The number of nitrogens with zero attached hydrogens (tertiary/aromatic N) is 1. The Labute approximate surface area is 86.0 Å². The van der Waals surface area contributed by atoms with Crippen molar-refractivity contribution in [1.29, 1.82) is 0 Å². The zero-order valence-corrected chi connectivity index (χ0v) is 9.39. The highest BCUT2D eigenvalue weighted by Crippen LogP contribution is 2.18. The fraction of sp³-hybridized carbons (Fsp3) is 0.778. The molecule has 1 unspecified atom stereocenters. The lowest BCUT2D eigenvalue weighted by atomic mass is 10.1. The first kappa shape index (κ1) is 11.7. The van der Waals surface area contributed by atoms with Crippen LogP contribution in [-0.2, 0) is 10.0 Å². The molecule has 0 spiro atoms. The van der Waals surface area contributed by atoms with Crippen LogP contribution in [0.5, 0.6) is 0 Å². The van der Waals surface area contributed by atoms with Gasteiger partial charge in [-0.25, -0.2) is 12.7 Å². The molecule has 1 aliphatic rings. The molecule has 4 nitrogen and oxygen atoms in total. The summed E-state index contributed by atoms with van der Waals surface area (Å²) in [6.45, 7) is 5.65. The highest BCUT2D eigenvalue weighted by molar-refractivity contribution is 7.89. The van der Waals surface area contributed by atoms with Crippen LogP contribution in [0.1, 0.15) is 6.42 Å². The first-order valence-electron chi connectivity index (χ1n) is 4.83. The molecule has 0 amide bonds. The van der Waals surface area contributed by atoms with E-state index in [0.717, 1.165) is 13.0 Å². The molecule has 1 aliphatic heterocycles. The molecule has 0 saturated carbocycles. The van der Waals surface area contributed by atoms with E-state index < -0.39 is 10.0 Å². The summed E-state index contributed by atoms with van der Waals surface area (Å²) in [6, 6.07) is 0. The molecule has 14 heavy (non-hydrogen) atoms. The van der Waals surface area contributed by atoms with Crippen molar-refractivity contribution in [3.05, 3.63) is 12.7 Å². The number of nitrogens with one attached hydrogen (secondary N) is 1. The molecule has 0 aliphatic carbocycles. The monoisotopic (exact) mass is 218 g/mol. The number of hydrogen-bond donors (Lipinski definition) is 1. The molecular formula is C9H18N2O2S. The van der Waals surface area contributed by atoms with Gasteiger partial charge in [-0.2, -0.15) is 0 Å². The van der Waals surface area contributed by atoms with E-state index in [1.165, 1.54) is 6.08 Å². The van der Waals surface area contributed by atoms with Crippen molar-refractivity contribution >= 4 is 10.0 Å². The lowest BCUT2D eigenvalue weighted by molar-refractivity contribution is 0.453. The maximum atomic E-state index is 11.6. The Balaban J connectivity index is 2.53. The summed E-state index contributed by atoms with van der Waals surface area (Å²) in [5.74, 6) is 0.513. The maximum Gasteiger partial charge on any atom is 0.217 e. The first-order chi connectivity index (χ1) is 6.60. The fourth-order valence-corrected chi connectivity index (χ4v) is 3.09. The summed E-state index contributed by atoms with van der Waals surface area (Å²) in [5, 5.41) is 3.07. The summed E-state index contributed by atoms with van der Waals surface area (Å²) >= 11 is 0. The van der Waals surface area contributed by atoms with Crippen molar-refractivity contribution in [2.45, 2.75) is 6.42 Å². The SMILES string of the molecule is C=CCS(=O)(=O)N1CCC(CNC)C1. The van der Waals surface area contributed by atoms with E-state index in [4.69, 9.17) is 0 Å². The van der Waals surface area contributed by atoms with Crippen LogP contribution in [0.25, 0.3) is 0 Å². The second-order valence-corrected chi connectivity index (χ2v) is 5.65. The summed E-state index contributed by atoms with van der Waals surface area (Å²) in [6.07, 6.45) is 2.40. The number of hydrogen-bond acceptors (Lipinski definition) is 3. The molecule has 1 heterocycles. The van der Waals surface area contributed by atoms with Crippen LogP contribution in [0.3, 0.4) is 0 Å². The Hall–Kier alpha value is -0.390. The van der Waals surface area contributed by atoms with Crippen LogP contribution in [0.15, 0.2) is 12.7 Å². The average molecular weight is 218 g/mol. The van der Waals surface area contributed by atoms with Crippen molar-refractivity contribution in [3.63, 3.8) is 0 Å². The molecule has 1 fully saturated rings. The molecule has 82 valence electrons. The van der Waals surface area contributed by atoms with E-state index in [-0.39, 0.29) is 5.75 Å². The van der Waals surface area contributed by atoms with E-state index >= 15 is 0 Å². The third-order valence-corrected chi connectivity index (χ3v) is 4.24. The first-order valence-corrected chi connectivity index (χ1v) is 6.44. The zero-order valence-electron chi connectivity index (χ0n) is 8.57. The largest absolute Gasteiger partial charge is 0.319 e. The molecule has 0 bridgehead atoms. The lowest BCUT2D eigenvalue weighted by Crippen LogP contribution is -2.31. The van der Waals surface area contributed by atoms with Gasteiger partial charge in [-0.15, -0.1) is 6.58 Å². The van der Waals surface area contributed by atoms with E-state index in [9.17, 15) is 8.42 Å². The molecule has 1 N–H and O–H groups in total. The zero-order chi connectivity index (χ0) is 10.6. The Bertz CT molecular complexity index is 287. The van der Waals surface area contributed by atoms with Gasteiger partial charge in [-0.1, -0.05) is 6.08 Å². The van der Waals surface area contributed by atoms with Gasteiger partial charge in [-0.05, 0) is 25.9 Å². The van der Waals surface area contributed by atoms with Crippen molar-refractivity contribution in [1.82, 2.24) is 9.62 Å². The molecule has 0 radical (unpaired) electrons. The van der Waals surface area contributed by atoms with Crippen LogP contribution in [0.2, 0.25) is 0 Å². The summed E-state index contributed by atoms with van der Waals surface area (Å²) in [5.41, 5.74) is 0. The van der Waals surface area contributed by atoms with Crippen molar-refractivity contribution in [2.24, 2.45) is 5.92 Å². The second-order valence-electron chi connectivity index (χ2n) is 3.64. The van der Waals surface area contributed by atoms with Crippen LogP contribution >= 0.6 is 0 Å². The molecule has 1 atom stereocenters. The summed E-state index contributed by atoms with van der Waals surface area (Å²) < 4.78 is 24.8. The molecule has 1 rings (SSSR count). The van der Waals surface area contributed by atoms with Crippen molar-refractivity contribution in [2.75, 3.05) is 32.4 Å². The van der Waals surface area contributed by atoms with E-state index in [1.807, 2.05) is 7.05 Å². The third kappa shape index (κ3) is 2.80. The lowest BCUT2D eigenvalue weighted by Gasteiger charge is -2.15. The van der Waals surface area contributed by atoms with Crippen LogP contribution in [-0.4, -0.2) is 45.2 Å². The van der Waals surface area contributed by atoms with Crippen LogP contribution < -0.4 is 5.32 Å². The van der Waals surface area contributed by atoms with E-state index in [0.29, 0.717) is 19.0 Å². The predicted molar refractivity (Wildman–Crippen MR) is 57.6 cm³/mol. The standard InChI is InChI=1S/C9H18N2O2S/c1-3-6-14(12,13)11-5-4-9(8-11)7-10-2/h3,9-10H,1,4-8H2,2H3. The number of sulfonamides is 1. The average Bonchev–Trinajstić information content (AvgIpc) is 2.54. The van der Waals surface area contributed by atoms with Gasteiger partial charge < -0.3 is 5.32 Å². The fourth-order valence-electron chi connectivity index (χ4n) is 1.76. The smallest absolute Gasteiger partial charge is 0.217 e. The van der Waals surface area contributed by atoms with Crippen molar-refractivity contribution in [3.8, 4) is 0 Å². The molecule has 0 aromatic rings. The highest BCUT2D eigenvalue weighted by Gasteiger charge is 2.29. The van der Waals surface area contributed by atoms with E-state index in [2.05, 4.69) is 11.9 Å². The molecule has 5 heteroatoms. The summed E-state index contributed by atoms with van der Waals surface area (Å²) in [4.78, 5) is 0. The van der Waals surface area contributed by atoms with E-state index in [1.54, 1.807) is 4.31 Å². The Morgan fingerprint density at radius 3 is 2.93 bits per heavy atom. The minimum Gasteiger partial charge on any atom is -0.319 e. The maximum absolute atomic E-state index is 11.6. The molecular weight excluding hydrogens is 200 g/mol. The van der Waals surface area contributed by atoms with Crippen molar-refractivity contribution < 1.29 is 8.42 Å². The minimum absolute atomic E-state index is 0.0548. The molecule has 1 saturated heterocycles. The topological polar surface area (TPSA) is 49.4 Å². The second kappa shape index (κ2) is 4.91. The van der Waals surface area contributed by atoms with Crippen LogP contribution in [0.4, 0.5) is 0 Å². The quantitative estimate of drug-likeness (QED) is 0.663. The summed E-state index contributed by atoms with van der Waals surface area (Å²) in [7, 11) is -1.18. The normalized spacial score (nSPS) is 23.9. The highest BCUT2D eigenvalue weighted by atomic mass is 32.2. The Kier molecular flexibility index (Phi) is 4.10. The third-order valence-electron chi connectivity index (χ3n) is 2.46. The molecule has 0 aromatic carbocycles. The van der Waals surface area contributed by atoms with Gasteiger partial charge in [0.15, 0.2) is 0 Å². The van der Waals surface area contributed by atoms with Gasteiger partial charge in [0.05, 0.1) is 5.75 Å². The number of rotatable bonds is 5. The predicted octanol–water partition coefficient (Wildman–Crippen LogP) is 0.0435. The molecule has 0 aromatic heterocycles. The minimum atomic E-state index is -3.07. The van der Waals surface area contributed by atoms with Gasteiger partial charge in [-0.3, -0.25) is 0 Å². The van der Waals surface area contributed by atoms with Crippen LogP contribution in [0, 0.1) is 5.92 Å². The Morgan fingerprint density at radius 1 is 1.64 bits per heavy atom. The van der Waals surface area contributed by atoms with Gasteiger partial charge in [0, 0.05) is 13.1 Å². The van der Waals surface area contributed by atoms with Gasteiger partial charge in [0.2, 0.25) is 10.0 Å². The van der Waals surface area contributed by atoms with Gasteiger partial charge in [0.1, 0.15) is 0 Å².